The zero-order valence-corrected chi connectivity index (χ0v) is 13.2. The first-order valence-corrected chi connectivity index (χ1v) is 7.44. The average molecular weight is 354 g/mol. The van der Waals surface area contributed by atoms with Gasteiger partial charge in [0.1, 0.15) is 6.54 Å². The van der Waals surface area contributed by atoms with E-state index in [1.54, 1.807) is 18.2 Å². The van der Waals surface area contributed by atoms with E-state index in [4.69, 9.17) is 0 Å². The van der Waals surface area contributed by atoms with Gasteiger partial charge in [-0.25, -0.2) is 0 Å². The number of nitrogens with zero attached hydrogens (tertiary/aromatic N) is 2. The van der Waals surface area contributed by atoms with Crippen LogP contribution in [0.2, 0.25) is 0 Å². The third-order valence-electron chi connectivity index (χ3n) is 3.22. The number of rotatable bonds is 4. The third kappa shape index (κ3) is 3.81. The predicted octanol–water partition coefficient (Wildman–Crippen LogP) is 1.08. The van der Waals surface area contributed by atoms with Crippen LogP contribution < -0.4 is 5.32 Å². The summed E-state index contributed by atoms with van der Waals surface area (Å²) in [6, 6.07) is 7.17. The minimum Gasteiger partial charge on any atom is -0.333 e. The summed E-state index contributed by atoms with van der Waals surface area (Å²) in [6.07, 6.45) is 0. The van der Waals surface area contributed by atoms with Gasteiger partial charge in [0, 0.05) is 29.8 Å². The van der Waals surface area contributed by atoms with Gasteiger partial charge in [-0.3, -0.25) is 14.4 Å². The Balaban J connectivity index is 1.94. The molecular weight excluding hydrogens is 338 g/mol. The van der Waals surface area contributed by atoms with Crippen LogP contribution in [0.1, 0.15) is 6.92 Å². The van der Waals surface area contributed by atoms with E-state index in [1.165, 1.54) is 9.80 Å². The molecule has 0 aliphatic carbocycles. The fraction of sp³-hybridized carbons (Fsp3) is 0.357. The Morgan fingerprint density at radius 3 is 2.57 bits per heavy atom. The van der Waals surface area contributed by atoms with Gasteiger partial charge in [-0.2, -0.15) is 0 Å². The summed E-state index contributed by atoms with van der Waals surface area (Å²) < 4.78 is 0.850. The zero-order chi connectivity index (χ0) is 15.4. The maximum absolute atomic E-state index is 12.0. The Morgan fingerprint density at radius 1 is 1.24 bits per heavy atom. The van der Waals surface area contributed by atoms with E-state index in [9.17, 15) is 14.4 Å². The lowest BCUT2D eigenvalue weighted by atomic mass is 10.2. The Labute approximate surface area is 131 Å². The lowest BCUT2D eigenvalue weighted by Gasteiger charge is -2.32. The number of hydrogen-bond donors (Lipinski definition) is 1. The number of benzene rings is 1. The molecule has 21 heavy (non-hydrogen) atoms. The number of halogens is 1. The lowest BCUT2D eigenvalue weighted by Crippen LogP contribution is -2.55. The highest BCUT2D eigenvalue weighted by Gasteiger charge is 2.32. The molecule has 1 aromatic rings. The molecule has 1 aliphatic heterocycles. The van der Waals surface area contributed by atoms with Gasteiger partial charge < -0.3 is 15.1 Å². The largest absolute Gasteiger partial charge is 0.333 e. The molecule has 1 N–H and O–H groups in total. The van der Waals surface area contributed by atoms with E-state index in [-0.39, 0.29) is 12.5 Å². The number of carbonyl (C=O) groups excluding carboxylic acids is 3. The van der Waals surface area contributed by atoms with Crippen LogP contribution in [0.15, 0.2) is 28.7 Å². The molecule has 1 fully saturated rings. The molecule has 1 aliphatic rings. The van der Waals surface area contributed by atoms with Gasteiger partial charge in [-0.15, -0.1) is 0 Å². The monoisotopic (exact) mass is 353 g/mol. The standard InChI is InChI=1S/C14H16BrN3O3/c1-2-17-6-7-18(14(21)13(17)20)9-12(19)16-11-5-3-4-10(15)8-11/h3-5,8H,2,6-7,9H2,1H3,(H,16,19). The Kier molecular flexibility index (Phi) is 4.95. The molecule has 0 unspecified atom stereocenters. The molecule has 3 amide bonds. The SMILES string of the molecule is CCN1CCN(CC(=O)Nc2cccc(Br)c2)C(=O)C1=O. The molecule has 0 bridgehead atoms. The number of likely N-dealkylation sites (N-methyl/N-ethyl adjacent to an activating group) is 1. The quantitative estimate of drug-likeness (QED) is 0.823. The van der Waals surface area contributed by atoms with Crippen LogP contribution >= 0.6 is 15.9 Å². The van der Waals surface area contributed by atoms with Crippen molar-refractivity contribution in [2.45, 2.75) is 6.92 Å². The van der Waals surface area contributed by atoms with Gasteiger partial charge in [0.05, 0.1) is 0 Å². The molecule has 112 valence electrons. The summed E-state index contributed by atoms with van der Waals surface area (Å²) in [4.78, 5) is 38.3. The number of anilines is 1. The van der Waals surface area contributed by atoms with E-state index in [0.717, 1.165) is 4.47 Å². The summed E-state index contributed by atoms with van der Waals surface area (Å²) in [5, 5.41) is 2.70. The average Bonchev–Trinajstić information content (AvgIpc) is 2.44. The molecule has 1 saturated heterocycles. The molecule has 1 heterocycles. The third-order valence-corrected chi connectivity index (χ3v) is 3.72. The fourth-order valence-electron chi connectivity index (χ4n) is 2.11. The number of amides is 3. The number of hydrogen-bond acceptors (Lipinski definition) is 3. The van der Waals surface area contributed by atoms with Crippen LogP contribution in [-0.4, -0.2) is 53.7 Å². The number of nitrogens with one attached hydrogen (secondary N) is 1. The van der Waals surface area contributed by atoms with Gasteiger partial charge in [-0.05, 0) is 25.1 Å². The molecular formula is C14H16BrN3O3. The van der Waals surface area contributed by atoms with Gasteiger partial charge in [0.2, 0.25) is 5.91 Å². The van der Waals surface area contributed by atoms with Crippen molar-refractivity contribution in [3.8, 4) is 0 Å². The van der Waals surface area contributed by atoms with Crippen LogP contribution in [0.25, 0.3) is 0 Å². The van der Waals surface area contributed by atoms with Crippen molar-refractivity contribution in [1.82, 2.24) is 9.80 Å². The van der Waals surface area contributed by atoms with Crippen LogP contribution in [0.3, 0.4) is 0 Å². The molecule has 1 aromatic carbocycles. The van der Waals surface area contributed by atoms with Crippen LogP contribution in [0, 0.1) is 0 Å². The normalized spacial score (nSPS) is 15.3. The molecule has 0 aromatic heterocycles. The van der Waals surface area contributed by atoms with Crippen molar-refractivity contribution >= 4 is 39.3 Å². The molecule has 7 heteroatoms. The van der Waals surface area contributed by atoms with Gasteiger partial charge in [-0.1, -0.05) is 22.0 Å². The van der Waals surface area contributed by atoms with E-state index >= 15 is 0 Å². The first-order chi connectivity index (χ1) is 10.0. The summed E-state index contributed by atoms with van der Waals surface area (Å²) >= 11 is 3.32. The number of carbonyl (C=O) groups is 3. The van der Waals surface area contributed by atoms with Crippen LogP contribution in [-0.2, 0) is 14.4 Å². The van der Waals surface area contributed by atoms with Crippen molar-refractivity contribution in [3.63, 3.8) is 0 Å². The van der Waals surface area contributed by atoms with E-state index in [2.05, 4.69) is 21.2 Å². The van der Waals surface area contributed by atoms with Gasteiger partial charge in [0.25, 0.3) is 0 Å². The molecule has 6 nitrogen and oxygen atoms in total. The van der Waals surface area contributed by atoms with Gasteiger partial charge >= 0.3 is 11.8 Å². The predicted molar refractivity (Wildman–Crippen MR) is 81.6 cm³/mol. The second-order valence-corrected chi connectivity index (χ2v) is 5.59. The van der Waals surface area contributed by atoms with Crippen molar-refractivity contribution in [2.75, 3.05) is 31.5 Å². The Morgan fingerprint density at radius 2 is 1.90 bits per heavy atom. The maximum Gasteiger partial charge on any atom is 0.312 e. The minimum atomic E-state index is -0.618. The smallest absolute Gasteiger partial charge is 0.312 e. The fourth-order valence-corrected chi connectivity index (χ4v) is 2.51. The Bertz CT molecular complexity index is 576. The van der Waals surface area contributed by atoms with Gasteiger partial charge in [0.15, 0.2) is 0 Å². The minimum absolute atomic E-state index is 0.116. The van der Waals surface area contributed by atoms with Crippen molar-refractivity contribution in [2.24, 2.45) is 0 Å². The first kappa shape index (κ1) is 15.5. The Hall–Kier alpha value is -1.89. The van der Waals surface area contributed by atoms with E-state index in [0.29, 0.717) is 25.3 Å². The number of piperazine rings is 1. The van der Waals surface area contributed by atoms with Crippen molar-refractivity contribution in [3.05, 3.63) is 28.7 Å². The highest BCUT2D eigenvalue weighted by Crippen LogP contribution is 2.15. The lowest BCUT2D eigenvalue weighted by molar-refractivity contribution is -0.156. The molecule has 2 rings (SSSR count). The molecule has 0 spiro atoms. The van der Waals surface area contributed by atoms with E-state index < -0.39 is 11.8 Å². The summed E-state index contributed by atoms with van der Waals surface area (Å²) in [7, 11) is 0. The van der Waals surface area contributed by atoms with E-state index in [1.807, 2.05) is 13.0 Å². The second-order valence-electron chi connectivity index (χ2n) is 4.67. The van der Waals surface area contributed by atoms with Crippen molar-refractivity contribution < 1.29 is 14.4 Å². The van der Waals surface area contributed by atoms with Crippen LogP contribution in [0.5, 0.6) is 0 Å². The highest BCUT2D eigenvalue weighted by molar-refractivity contribution is 9.10. The summed E-state index contributed by atoms with van der Waals surface area (Å²) in [6.45, 7) is 3.05. The molecule has 0 saturated carbocycles. The highest BCUT2D eigenvalue weighted by atomic mass is 79.9. The zero-order valence-electron chi connectivity index (χ0n) is 11.6. The van der Waals surface area contributed by atoms with Crippen molar-refractivity contribution in [1.29, 1.82) is 0 Å². The topological polar surface area (TPSA) is 69.7 Å². The second kappa shape index (κ2) is 6.71. The summed E-state index contributed by atoms with van der Waals surface area (Å²) in [5.74, 6) is -1.48. The van der Waals surface area contributed by atoms with Crippen LogP contribution in [0.4, 0.5) is 5.69 Å². The molecule has 0 radical (unpaired) electrons. The summed E-state index contributed by atoms with van der Waals surface area (Å²) in [5.41, 5.74) is 0.639. The first-order valence-electron chi connectivity index (χ1n) is 6.65. The maximum atomic E-state index is 12.0. The molecule has 0 atom stereocenters.